The Labute approximate surface area is 180 Å². The average molecular weight is 414 g/mol. The van der Waals surface area contributed by atoms with E-state index in [-0.39, 0.29) is 11.5 Å². The van der Waals surface area contributed by atoms with Crippen LogP contribution in [0.3, 0.4) is 0 Å². The molecule has 0 saturated heterocycles. The number of benzene rings is 1. The molecule has 0 aliphatic rings. The molecule has 1 aromatic heterocycles. The minimum atomic E-state index is -0.522. The van der Waals surface area contributed by atoms with E-state index in [1.807, 2.05) is 51.2 Å². The second-order valence-electron chi connectivity index (χ2n) is 8.83. The molecule has 6 heteroatoms. The van der Waals surface area contributed by atoms with E-state index in [9.17, 15) is 4.79 Å². The second-order valence-corrected chi connectivity index (χ2v) is 8.83. The van der Waals surface area contributed by atoms with Crippen LogP contribution in [0.1, 0.15) is 38.8 Å². The first kappa shape index (κ1) is 23.8. The van der Waals surface area contributed by atoms with Crippen molar-refractivity contribution >= 4 is 6.09 Å². The summed E-state index contributed by atoms with van der Waals surface area (Å²) in [5, 5.41) is 6.58. The van der Waals surface area contributed by atoms with Crippen LogP contribution in [0.15, 0.2) is 54.9 Å². The topological polar surface area (TPSA) is 72.5 Å². The summed E-state index contributed by atoms with van der Waals surface area (Å²) in [6.07, 6.45) is 4.02. The van der Waals surface area contributed by atoms with Crippen molar-refractivity contribution in [2.75, 3.05) is 26.8 Å². The van der Waals surface area contributed by atoms with Gasteiger partial charge in [0.1, 0.15) is 5.60 Å². The van der Waals surface area contributed by atoms with E-state index in [1.54, 1.807) is 13.3 Å². The Morgan fingerprint density at radius 2 is 1.80 bits per heavy atom. The Balaban J connectivity index is 2.08. The van der Waals surface area contributed by atoms with E-state index in [2.05, 4.69) is 40.7 Å². The molecule has 0 fully saturated rings. The zero-order chi connectivity index (χ0) is 22.0. The molecule has 2 atom stereocenters. The van der Waals surface area contributed by atoms with E-state index in [0.717, 1.165) is 17.5 Å². The first-order valence-electron chi connectivity index (χ1n) is 10.4. The zero-order valence-corrected chi connectivity index (χ0v) is 18.8. The van der Waals surface area contributed by atoms with Gasteiger partial charge in [-0.25, -0.2) is 4.79 Å². The number of hydrogen-bond donors (Lipinski definition) is 2. The fourth-order valence-corrected chi connectivity index (χ4v) is 3.31. The van der Waals surface area contributed by atoms with Gasteiger partial charge in [0.2, 0.25) is 0 Å². The molecule has 30 heavy (non-hydrogen) atoms. The maximum absolute atomic E-state index is 12.2. The molecule has 2 N–H and O–H groups in total. The Bertz CT molecular complexity index is 762. The quantitative estimate of drug-likeness (QED) is 0.618. The molecule has 164 valence electrons. The van der Waals surface area contributed by atoms with E-state index in [0.29, 0.717) is 19.7 Å². The third-order valence-electron chi connectivity index (χ3n) is 4.81. The van der Waals surface area contributed by atoms with E-state index in [4.69, 9.17) is 9.47 Å². The number of nitrogens with zero attached hydrogens (tertiary/aromatic N) is 1. The summed E-state index contributed by atoms with van der Waals surface area (Å²) in [6, 6.07) is 14.2. The molecule has 2 aromatic rings. The van der Waals surface area contributed by atoms with Crippen molar-refractivity contribution in [3.63, 3.8) is 0 Å². The summed E-state index contributed by atoms with van der Waals surface area (Å²) in [5.41, 5.74) is 1.43. The summed E-state index contributed by atoms with van der Waals surface area (Å²) < 4.78 is 10.9. The molecule has 1 heterocycles. The van der Waals surface area contributed by atoms with E-state index in [1.165, 1.54) is 0 Å². The molecule has 1 amide bonds. The van der Waals surface area contributed by atoms with Crippen LogP contribution < -0.4 is 10.6 Å². The third kappa shape index (κ3) is 8.13. The fourth-order valence-electron chi connectivity index (χ4n) is 3.31. The minimum Gasteiger partial charge on any atom is -0.444 e. The van der Waals surface area contributed by atoms with E-state index < -0.39 is 11.7 Å². The SMILES string of the molecule is COC[C@](C)(NC[C@H](CNC(=O)OC(C)(C)C)Cc1cccnc1)c1ccccc1. The zero-order valence-electron chi connectivity index (χ0n) is 18.8. The lowest BCUT2D eigenvalue weighted by atomic mass is 9.91. The predicted octanol–water partition coefficient (Wildman–Crippen LogP) is 3.92. The molecule has 0 aliphatic heterocycles. The first-order valence-corrected chi connectivity index (χ1v) is 10.4. The van der Waals surface area contributed by atoms with Crippen LogP contribution >= 0.6 is 0 Å². The Hall–Kier alpha value is -2.44. The summed E-state index contributed by atoms with van der Waals surface area (Å²) in [4.78, 5) is 16.4. The number of amides is 1. The van der Waals surface area contributed by atoms with Gasteiger partial charge in [-0.2, -0.15) is 0 Å². The monoisotopic (exact) mass is 413 g/mol. The summed E-state index contributed by atoms with van der Waals surface area (Å²) >= 11 is 0. The van der Waals surface area contributed by atoms with Gasteiger partial charge in [0.15, 0.2) is 0 Å². The van der Waals surface area contributed by atoms with Crippen molar-refractivity contribution in [1.29, 1.82) is 0 Å². The highest BCUT2D eigenvalue weighted by atomic mass is 16.6. The number of ether oxygens (including phenoxy) is 2. The summed E-state index contributed by atoms with van der Waals surface area (Å²) in [7, 11) is 1.71. The standard InChI is InChI=1S/C24H35N3O3/c1-23(2,3)30-22(28)26-16-20(14-19-10-9-13-25-15-19)17-27-24(4,18-29-5)21-11-7-6-8-12-21/h6-13,15,20,27H,14,16-18H2,1-5H3,(H,26,28)/t20-,24-/m0/s1. The lowest BCUT2D eigenvalue weighted by Gasteiger charge is -2.33. The maximum atomic E-state index is 12.2. The van der Waals surface area contributed by atoms with Gasteiger partial charge in [-0.3, -0.25) is 4.98 Å². The third-order valence-corrected chi connectivity index (χ3v) is 4.81. The van der Waals surface area contributed by atoms with Gasteiger partial charge in [-0.15, -0.1) is 0 Å². The molecule has 6 nitrogen and oxygen atoms in total. The number of hydrogen-bond acceptors (Lipinski definition) is 5. The van der Waals surface area contributed by atoms with Gasteiger partial charge in [0.05, 0.1) is 12.1 Å². The van der Waals surface area contributed by atoms with Gasteiger partial charge in [-0.05, 0) is 57.2 Å². The van der Waals surface area contributed by atoms with Gasteiger partial charge < -0.3 is 20.1 Å². The molecule has 0 bridgehead atoms. The van der Waals surface area contributed by atoms with Crippen molar-refractivity contribution in [3.05, 3.63) is 66.0 Å². The van der Waals surface area contributed by atoms with Crippen molar-refractivity contribution < 1.29 is 14.3 Å². The summed E-state index contributed by atoms with van der Waals surface area (Å²) in [5.74, 6) is 0.154. The van der Waals surface area contributed by atoms with Crippen LogP contribution in [0.2, 0.25) is 0 Å². The van der Waals surface area contributed by atoms with Crippen LogP contribution in [0.25, 0.3) is 0 Å². The maximum Gasteiger partial charge on any atom is 0.407 e. The van der Waals surface area contributed by atoms with Crippen molar-refractivity contribution in [2.45, 2.75) is 45.3 Å². The smallest absolute Gasteiger partial charge is 0.407 e. The van der Waals surface area contributed by atoms with Gasteiger partial charge >= 0.3 is 6.09 Å². The largest absolute Gasteiger partial charge is 0.444 e. The number of pyridine rings is 1. The van der Waals surface area contributed by atoms with Crippen LogP contribution in [-0.2, 0) is 21.4 Å². The number of rotatable bonds is 10. The number of alkyl carbamates (subject to hydrolysis) is 1. The highest BCUT2D eigenvalue weighted by Gasteiger charge is 2.27. The van der Waals surface area contributed by atoms with E-state index >= 15 is 0 Å². The number of methoxy groups -OCH3 is 1. The lowest BCUT2D eigenvalue weighted by Crippen LogP contribution is -2.47. The average Bonchev–Trinajstić information content (AvgIpc) is 2.70. The molecular formula is C24H35N3O3. The first-order chi connectivity index (χ1) is 14.2. The normalized spacial score (nSPS) is 14.6. The highest BCUT2D eigenvalue weighted by molar-refractivity contribution is 5.67. The molecule has 2 rings (SSSR count). The molecule has 0 aliphatic carbocycles. The van der Waals surface area contributed by atoms with Crippen LogP contribution in [0, 0.1) is 5.92 Å². The number of aromatic nitrogens is 1. The molecule has 0 spiro atoms. The van der Waals surface area contributed by atoms with Crippen LogP contribution in [0.5, 0.6) is 0 Å². The minimum absolute atomic E-state index is 0.154. The van der Waals surface area contributed by atoms with Gasteiger partial charge in [-0.1, -0.05) is 36.4 Å². The molecule has 0 radical (unpaired) electrons. The van der Waals surface area contributed by atoms with Crippen LogP contribution in [0.4, 0.5) is 4.79 Å². The number of carbonyl (C=O) groups is 1. The van der Waals surface area contributed by atoms with Gasteiger partial charge in [0, 0.05) is 32.6 Å². The predicted molar refractivity (Wildman–Crippen MR) is 119 cm³/mol. The Morgan fingerprint density at radius 1 is 1.07 bits per heavy atom. The van der Waals surface area contributed by atoms with Crippen molar-refractivity contribution in [1.82, 2.24) is 15.6 Å². The van der Waals surface area contributed by atoms with Crippen molar-refractivity contribution in [2.24, 2.45) is 5.92 Å². The Morgan fingerprint density at radius 3 is 2.40 bits per heavy atom. The second kappa shape index (κ2) is 11.1. The van der Waals surface area contributed by atoms with Crippen molar-refractivity contribution in [3.8, 4) is 0 Å². The van der Waals surface area contributed by atoms with Crippen LogP contribution in [-0.4, -0.2) is 43.5 Å². The molecule has 0 saturated carbocycles. The lowest BCUT2D eigenvalue weighted by molar-refractivity contribution is 0.0517. The highest BCUT2D eigenvalue weighted by Crippen LogP contribution is 2.21. The van der Waals surface area contributed by atoms with Gasteiger partial charge in [0.25, 0.3) is 0 Å². The number of carbonyl (C=O) groups excluding carboxylic acids is 1. The fraction of sp³-hybridized carbons (Fsp3) is 0.500. The Kier molecular flexibility index (Phi) is 8.81. The number of nitrogens with one attached hydrogen (secondary N) is 2. The molecule has 0 unspecified atom stereocenters. The molecular weight excluding hydrogens is 378 g/mol. The summed E-state index contributed by atoms with van der Waals surface area (Å²) in [6.45, 7) is 9.43. The molecule has 1 aromatic carbocycles.